The molecule has 1 amide bonds. The third-order valence-electron chi connectivity index (χ3n) is 5.31. The van der Waals surface area contributed by atoms with Gasteiger partial charge in [0, 0.05) is 17.0 Å². The lowest BCUT2D eigenvalue weighted by molar-refractivity contribution is 0.102. The summed E-state index contributed by atoms with van der Waals surface area (Å²) >= 11 is 1.66. The molecule has 5 heteroatoms. The zero-order chi connectivity index (χ0) is 19.3. The first-order valence-corrected chi connectivity index (χ1v) is 10.6. The lowest BCUT2D eigenvalue weighted by Crippen LogP contribution is -2.26. The topological polar surface area (TPSA) is 67.1 Å². The second-order valence-electron chi connectivity index (χ2n) is 7.36. The first-order valence-electron chi connectivity index (χ1n) is 9.73. The minimum absolute atomic E-state index is 0.149. The molecule has 1 saturated carbocycles. The highest BCUT2D eigenvalue weighted by molar-refractivity contribution is 7.13. The zero-order valence-corrected chi connectivity index (χ0v) is 16.6. The molecule has 2 aromatic carbocycles. The number of anilines is 2. The van der Waals surface area contributed by atoms with Gasteiger partial charge in [-0.05, 0) is 72.1 Å². The van der Waals surface area contributed by atoms with Crippen LogP contribution in [0.2, 0.25) is 0 Å². The van der Waals surface area contributed by atoms with E-state index in [1.165, 1.54) is 24.8 Å². The van der Waals surface area contributed by atoms with Crippen molar-refractivity contribution >= 4 is 28.6 Å². The number of carbonyl (C=O) groups excluding carboxylic acids is 1. The number of carbonyl (C=O) groups is 1. The SMILES string of the molecule is Nc1ccc(-c2cccs2)cc1NC(=O)c1ccc(CNCC2CCC2)cc1. The van der Waals surface area contributed by atoms with Crippen molar-refractivity contribution in [2.24, 2.45) is 5.92 Å². The first-order chi connectivity index (χ1) is 13.7. The number of rotatable bonds is 7. The van der Waals surface area contributed by atoms with Crippen molar-refractivity contribution in [1.29, 1.82) is 0 Å². The van der Waals surface area contributed by atoms with Gasteiger partial charge in [0.15, 0.2) is 0 Å². The number of hydrogen-bond acceptors (Lipinski definition) is 4. The van der Waals surface area contributed by atoms with Gasteiger partial charge in [-0.2, -0.15) is 0 Å². The molecule has 3 aromatic rings. The van der Waals surface area contributed by atoms with Crippen LogP contribution in [0.4, 0.5) is 11.4 Å². The standard InChI is InChI=1S/C23H25N3OS/c24-20-11-10-19(22-5-2-12-28-22)13-21(20)26-23(27)18-8-6-17(7-9-18)15-25-14-16-3-1-4-16/h2,5-13,16,25H,1,3-4,14-15,24H2,(H,26,27). The largest absolute Gasteiger partial charge is 0.397 e. The number of benzene rings is 2. The molecule has 1 aliphatic rings. The van der Waals surface area contributed by atoms with E-state index in [0.29, 0.717) is 16.9 Å². The van der Waals surface area contributed by atoms with E-state index in [4.69, 9.17) is 5.73 Å². The van der Waals surface area contributed by atoms with Gasteiger partial charge in [0.25, 0.3) is 5.91 Å². The molecular weight excluding hydrogens is 366 g/mol. The van der Waals surface area contributed by atoms with E-state index in [1.54, 1.807) is 11.3 Å². The Balaban J connectivity index is 1.38. The normalized spacial score (nSPS) is 13.9. The lowest BCUT2D eigenvalue weighted by atomic mass is 9.85. The van der Waals surface area contributed by atoms with Gasteiger partial charge in [-0.1, -0.05) is 30.7 Å². The number of nitrogens with one attached hydrogen (secondary N) is 2. The van der Waals surface area contributed by atoms with E-state index in [-0.39, 0.29) is 5.91 Å². The van der Waals surface area contributed by atoms with Crippen molar-refractivity contribution in [3.05, 3.63) is 71.1 Å². The second kappa shape index (κ2) is 8.59. The average molecular weight is 392 g/mol. The molecule has 0 saturated heterocycles. The Morgan fingerprint density at radius 1 is 1.11 bits per heavy atom. The minimum Gasteiger partial charge on any atom is -0.397 e. The fourth-order valence-corrected chi connectivity index (χ4v) is 4.07. The van der Waals surface area contributed by atoms with E-state index >= 15 is 0 Å². The first kappa shape index (κ1) is 18.7. The second-order valence-corrected chi connectivity index (χ2v) is 8.31. The van der Waals surface area contributed by atoms with Crippen molar-refractivity contribution in [3.63, 3.8) is 0 Å². The molecule has 0 radical (unpaired) electrons. The molecule has 0 atom stereocenters. The fourth-order valence-electron chi connectivity index (χ4n) is 3.35. The molecule has 0 bridgehead atoms. The summed E-state index contributed by atoms with van der Waals surface area (Å²) < 4.78 is 0. The monoisotopic (exact) mass is 391 g/mol. The molecular formula is C23H25N3OS. The van der Waals surface area contributed by atoms with Gasteiger partial charge >= 0.3 is 0 Å². The van der Waals surface area contributed by atoms with Crippen LogP contribution < -0.4 is 16.4 Å². The molecule has 0 aliphatic heterocycles. The lowest BCUT2D eigenvalue weighted by Gasteiger charge is -2.25. The Hall–Kier alpha value is -2.63. The van der Waals surface area contributed by atoms with Gasteiger partial charge < -0.3 is 16.4 Å². The van der Waals surface area contributed by atoms with Crippen LogP contribution in [-0.2, 0) is 6.54 Å². The van der Waals surface area contributed by atoms with Crippen molar-refractivity contribution in [1.82, 2.24) is 5.32 Å². The molecule has 1 aliphatic carbocycles. The molecule has 4 rings (SSSR count). The third-order valence-corrected chi connectivity index (χ3v) is 6.23. The van der Waals surface area contributed by atoms with E-state index in [0.717, 1.165) is 29.4 Å². The Kier molecular flexibility index (Phi) is 5.74. The maximum atomic E-state index is 12.6. The van der Waals surface area contributed by atoms with E-state index in [2.05, 4.69) is 16.7 Å². The molecule has 1 fully saturated rings. The molecule has 4 nitrogen and oxygen atoms in total. The molecule has 4 N–H and O–H groups in total. The predicted molar refractivity (Wildman–Crippen MR) is 118 cm³/mol. The highest BCUT2D eigenvalue weighted by Crippen LogP contribution is 2.30. The summed E-state index contributed by atoms with van der Waals surface area (Å²) in [7, 11) is 0. The van der Waals surface area contributed by atoms with E-state index < -0.39 is 0 Å². The highest BCUT2D eigenvalue weighted by atomic mass is 32.1. The number of hydrogen-bond donors (Lipinski definition) is 3. The van der Waals surface area contributed by atoms with Gasteiger partial charge in [-0.3, -0.25) is 4.79 Å². The highest BCUT2D eigenvalue weighted by Gasteiger charge is 2.16. The number of nitrogen functional groups attached to an aromatic ring is 1. The van der Waals surface area contributed by atoms with E-state index in [9.17, 15) is 4.79 Å². The summed E-state index contributed by atoms with van der Waals surface area (Å²) in [5, 5.41) is 8.48. The fraction of sp³-hybridized carbons (Fsp3) is 0.261. The van der Waals surface area contributed by atoms with Crippen LogP contribution in [0.3, 0.4) is 0 Å². The van der Waals surface area contributed by atoms with Crippen molar-refractivity contribution in [2.75, 3.05) is 17.6 Å². The number of thiophene rings is 1. The van der Waals surface area contributed by atoms with Gasteiger partial charge in [-0.15, -0.1) is 11.3 Å². The van der Waals surface area contributed by atoms with Gasteiger partial charge in [-0.25, -0.2) is 0 Å². The zero-order valence-electron chi connectivity index (χ0n) is 15.8. The summed E-state index contributed by atoms with van der Waals surface area (Å²) in [4.78, 5) is 13.8. The van der Waals surface area contributed by atoms with Crippen LogP contribution >= 0.6 is 11.3 Å². The summed E-state index contributed by atoms with van der Waals surface area (Å²) in [6, 6.07) is 17.6. The van der Waals surface area contributed by atoms with Crippen LogP contribution in [0.15, 0.2) is 60.0 Å². The summed E-state index contributed by atoms with van der Waals surface area (Å²) in [6.45, 7) is 1.93. The molecule has 1 aromatic heterocycles. The average Bonchev–Trinajstić information content (AvgIpc) is 3.21. The number of amides is 1. The van der Waals surface area contributed by atoms with Crippen molar-refractivity contribution < 1.29 is 4.79 Å². The maximum absolute atomic E-state index is 12.6. The quantitative estimate of drug-likeness (QED) is 0.489. The Morgan fingerprint density at radius 3 is 2.61 bits per heavy atom. The van der Waals surface area contributed by atoms with Crippen LogP contribution in [0.25, 0.3) is 10.4 Å². The van der Waals surface area contributed by atoms with Crippen molar-refractivity contribution in [3.8, 4) is 10.4 Å². The van der Waals surface area contributed by atoms with Crippen LogP contribution in [0.1, 0.15) is 35.2 Å². The minimum atomic E-state index is -0.149. The Morgan fingerprint density at radius 2 is 1.93 bits per heavy atom. The van der Waals surface area contributed by atoms with Crippen LogP contribution in [0.5, 0.6) is 0 Å². The third kappa shape index (κ3) is 4.43. The van der Waals surface area contributed by atoms with E-state index in [1.807, 2.05) is 53.9 Å². The predicted octanol–water partition coefficient (Wildman–Crippen LogP) is 5.14. The van der Waals surface area contributed by atoms with Gasteiger partial charge in [0.1, 0.15) is 0 Å². The summed E-state index contributed by atoms with van der Waals surface area (Å²) in [5.74, 6) is 0.699. The molecule has 0 spiro atoms. The Labute approximate surface area is 169 Å². The van der Waals surface area contributed by atoms with Crippen LogP contribution in [0, 0.1) is 5.92 Å². The molecule has 28 heavy (non-hydrogen) atoms. The Bertz CT molecular complexity index is 931. The maximum Gasteiger partial charge on any atom is 0.255 e. The smallest absolute Gasteiger partial charge is 0.255 e. The van der Waals surface area contributed by atoms with Crippen molar-refractivity contribution in [2.45, 2.75) is 25.8 Å². The number of nitrogens with two attached hydrogens (primary N) is 1. The summed E-state index contributed by atoms with van der Waals surface area (Å²) in [6.07, 6.45) is 4.07. The van der Waals surface area contributed by atoms with Gasteiger partial charge in [0.05, 0.1) is 11.4 Å². The van der Waals surface area contributed by atoms with Gasteiger partial charge in [0.2, 0.25) is 0 Å². The molecule has 1 heterocycles. The molecule has 144 valence electrons. The summed E-state index contributed by atoms with van der Waals surface area (Å²) in [5.41, 5.74) is 10.1. The molecule has 0 unspecified atom stereocenters. The van der Waals surface area contributed by atoms with Crippen LogP contribution in [-0.4, -0.2) is 12.5 Å².